The summed E-state index contributed by atoms with van der Waals surface area (Å²) in [7, 11) is 3.55. The molecule has 0 aromatic carbocycles. The predicted molar refractivity (Wildman–Crippen MR) is 72.4 cm³/mol. The van der Waals surface area contributed by atoms with Crippen LogP contribution < -0.4 is 11.1 Å². The highest BCUT2D eigenvalue weighted by Gasteiger charge is 2.41. The Kier molecular flexibility index (Phi) is 6.05. The predicted octanol–water partition coefficient (Wildman–Crippen LogP) is 0.341. The third-order valence-electron chi connectivity index (χ3n) is 4.18. The highest BCUT2D eigenvalue weighted by molar-refractivity contribution is 5.84. The second-order valence-corrected chi connectivity index (χ2v) is 5.07. The van der Waals surface area contributed by atoms with Crippen molar-refractivity contribution >= 4 is 5.91 Å². The van der Waals surface area contributed by atoms with Gasteiger partial charge in [0.25, 0.3) is 0 Å². The zero-order valence-electron chi connectivity index (χ0n) is 11.9. The Morgan fingerprint density at radius 2 is 2.33 bits per heavy atom. The first-order valence-corrected chi connectivity index (χ1v) is 6.81. The molecule has 0 aliphatic heterocycles. The number of nitrogens with two attached hydrogens (primary N) is 1. The van der Waals surface area contributed by atoms with Gasteiger partial charge in [0.05, 0.1) is 12.1 Å². The van der Waals surface area contributed by atoms with Crippen molar-refractivity contribution < 1.29 is 9.53 Å². The van der Waals surface area contributed by atoms with Crippen LogP contribution in [-0.4, -0.2) is 56.2 Å². The van der Waals surface area contributed by atoms with Crippen LogP contribution in [-0.2, 0) is 9.53 Å². The molecule has 0 saturated heterocycles. The van der Waals surface area contributed by atoms with Crippen LogP contribution in [0.5, 0.6) is 0 Å². The molecule has 1 rings (SSSR count). The summed E-state index contributed by atoms with van der Waals surface area (Å²) in [5.74, 6) is -0.225. The van der Waals surface area contributed by atoms with Gasteiger partial charge in [-0.2, -0.15) is 0 Å². The molecule has 1 aliphatic rings. The van der Waals surface area contributed by atoms with Crippen LogP contribution in [0.15, 0.2) is 0 Å². The summed E-state index contributed by atoms with van der Waals surface area (Å²) in [6.45, 7) is 4.77. The van der Waals surface area contributed by atoms with Gasteiger partial charge in [0.15, 0.2) is 0 Å². The molecule has 5 heteroatoms. The van der Waals surface area contributed by atoms with E-state index in [1.165, 1.54) is 0 Å². The number of amides is 1. The van der Waals surface area contributed by atoms with Crippen LogP contribution in [0.1, 0.15) is 32.6 Å². The smallest absolute Gasteiger partial charge is 0.237 e. The van der Waals surface area contributed by atoms with E-state index in [1.807, 2.05) is 7.05 Å². The number of ether oxygens (including phenoxy) is 1. The van der Waals surface area contributed by atoms with Crippen LogP contribution in [0.4, 0.5) is 0 Å². The lowest BCUT2D eigenvalue weighted by atomic mass is 9.78. The van der Waals surface area contributed by atoms with Gasteiger partial charge in [0, 0.05) is 19.7 Å². The molecule has 106 valence electrons. The van der Waals surface area contributed by atoms with Crippen LogP contribution in [0.3, 0.4) is 0 Å². The van der Waals surface area contributed by atoms with Crippen molar-refractivity contribution in [2.75, 3.05) is 33.9 Å². The van der Waals surface area contributed by atoms with E-state index in [-0.39, 0.29) is 5.91 Å². The summed E-state index contributed by atoms with van der Waals surface area (Å²) in [5, 5.41) is 3.15. The molecule has 2 atom stereocenters. The van der Waals surface area contributed by atoms with Crippen LogP contribution in [0.2, 0.25) is 0 Å². The number of primary amides is 1. The molecule has 1 aliphatic carbocycles. The number of rotatable bonds is 7. The molecule has 0 aromatic rings. The van der Waals surface area contributed by atoms with Crippen LogP contribution in [0, 0.1) is 0 Å². The molecule has 18 heavy (non-hydrogen) atoms. The zero-order chi connectivity index (χ0) is 13.6. The van der Waals surface area contributed by atoms with Gasteiger partial charge in [-0.3, -0.25) is 9.69 Å². The first-order chi connectivity index (χ1) is 8.59. The number of carbonyl (C=O) groups is 1. The summed E-state index contributed by atoms with van der Waals surface area (Å²) >= 11 is 0. The Morgan fingerprint density at radius 1 is 1.61 bits per heavy atom. The monoisotopic (exact) mass is 257 g/mol. The van der Waals surface area contributed by atoms with E-state index in [4.69, 9.17) is 10.5 Å². The van der Waals surface area contributed by atoms with Gasteiger partial charge in [0.2, 0.25) is 5.91 Å². The quantitative estimate of drug-likeness (QED) is 0.690. The van der Waals surface area contributed by atoms with E-state index in [0.717, 1.165) is 45.4 Å². The topological polar surface area (TPSA) is 67.6 Å². The van der Waals surface area contributed by atoms with E-state index in [9.17, 15) is 4.79 Å². The van der Waals surface area contributed by atoms with Crippen molar-refractivity contribution in [3.63, 3.8) is 0 Å². The number of nitrogens with one attached hydrogen (secondary N) is 1. The maximum atomic E-state index is 11.7. The van der Waals surface area contributed by atoms with Gasteiger partial charge in [-0.25, -0.2) is 0 Å². The molecule has 1 saturated carbocycles. The maximum Gasteiger partial charge on any atom is 0.237 e. The van der Waals surface area contributed by atoms with E-state index in [1.54, 1.807) is 7.11 Å². The molecule has 1 fully saturated rings. The van der Waals surface area contributed by atoms with Gasteiger partial charge in [-0.05, 0) is 39.3 Å². The molecule has 5 nitrogen and oxygen atoms in total. The minimum atomic E-state index is -0.524. The van der Waals surface area contributed by atoms with Crippen molar-refractivity contribution in [2.24, 2.45) is 5.73 Å². The molecule has 0 aromatic heterocycles. The highest BCUT2D eigenvalue weighted by Crippen LogP contribution is 2.30. The Morgan fingerprint density at radius 3 is 2.83 bits per heavy atom. The van der Waals surface area contributed by atoms with Crippen molar-refractivity contribution in [1.29, 1.82) is 0 Å². The standard InChI is InChI=1S/C13H27N3O2/c1-4-16(8-9-18-3)11-6-5-7-13(10-11,15-2)12(14)17/h11,15H,4-10H2,1-3H3,(H2,14,17). The van der Waals surface area contributed by atoms with Gasteiger partial charge >= 0.3 is 0 Å². The average molecular weight is 257 g/mol. The zero-order valence-corrected chi connectivity index (χ0v) is 11.9. The highest BCUT2D eigenvalue weighted by atomic mass is 16.5. The summed E-state index contributed by atoms with van der Waals surface area (Å²) in [4.78, 5) is 14.1. The molecule has 0 heterocycles. The van der Waals surface area contributed by atoms with Gasteiger partial charge < -0.3 is 15.8 Å². The molecule has 2 unspecified atom stereocenters. The first-order valence-electron chi connectivity index (χ1n) is 6.81. The first kappa shape index (κ1) is 15.4. The number of hydrogen-bond acceptors (Lipinski definition) is 4. The lowest BCUT2D eigenvalue weighted by molar-refractivity contribution is -0.126. The number of hydrogen-bond donors (Lipinski definition) is 2. The minimum Gasteiger partial charge on any atom is -0.383 e. The lowest BCUT2D eigenvalue weighted by Gasteiger charge is -2.42. The molecule has 0 spiro atoms. The minimum absolute atomic E-state index is 0.225. The molecule has 1 amide bonds. The molecule has 3 N–H and O–H groups in total. The van der Waals surface area contributed by atoms with Gasteiger partial charge in [-0.1, -0.05) is 6.92 Å². The maximum absolute atomic E-state index is 11.7. The number of nitrogens with zero attached hydrogens (tertiary/aromatic N) is 1. The fourth-order valence-corrected chi connectivity index (χ4v) is 2.94. The van der Waals surface area contributed by atoms with E-state index in [2.05, 4.69) is 17.1 Å². The third kappa shape index (κ3) is 3.43. The van der Waals surface area contributed by atoms with Crippen molar-refractivity contribution in [2.45, 2.75) is 44.2 Å². The second kappa shape index (κ2) is 7.07. The van der Waals surface area contributed by atoms with Crippen molar-refractivity contribution in [1.82, 2.24) is 10.2 Å². The van der Waals surface area contributed by atoms with E-state index >= 15 is 0 Å². The second-order valence-electron chi connectivity index (χ2n) is 5.07. The van der Waals surface area contributed by atoms with Gasteiger partial charge in [0.1, 0.15) is 0 Å². The summed E-state index contributed by atoms with van der Waals surface area (Å²) < 4.78 is 5.14. The normalized spacial score (nSPS) is 28.6. The van der Waals surface area contributed by atoms with Crippen LogP contribution >= 0.6 is 0 Å². The fourth-order valence-electron chi connectivity index (χ4n) is 2.94. The number of likely N-dealkylation sites (N-methyl/N-ethyl adjacent to an activating group) is 2. The molecule has 0 bridgehead atoms. The van der Waals surface area contributed by atoms with Crippen molar-refractivity contribution in [3.05, 3.63) is 0 Å². The van der Waals surface area contributed by atoms with Crippen LogP contribution in [0.25, 0.3) is 0 Å². The van der Waals surface area contributed by atoms with Crippen molar-refractivity contribution in [3.8, 4) is 0 Å². The Hall–Kier alpha value is -0.650. The molecular formula is C13H27N3O2. The SMILES string of the molecule is CCN(CCOC)C1CCCC(NC)(C(N)=O)C1. The Labute approximate surface area is 110 Å². The Bertz CT molecular complexity index is 273. The largest absolute Gasteiger partial charge is 0.383 e. The van der Waals surface area contributed by atoms with E-state index < -0.39 is 5.54 Å². The lowest BCUT2D eigenvalue weighted by Crippen LogP contribution is -2.59. The average Bonchev–Trinajstić information content (AvgIpc) is 2.39. The molecular weight excluding hydrogens is 230 g/mol. The Balaban J connectivity index is 2.68. The third-order valence-corrected chi connectivity index (χ3v) is 4.18. The summed E-state index contributed by atoms with van der Waals surface area (Å²) in [6, 6.07) is 0.416. The number of carbonyl (C=O) groups excluding carboxylic acids is 1. The van der Waals surface area contributed by atoms with Gasteiger partial charge in [-0.15, -0.1) is 0 Å². The summed E-state index contributed by atoms with van der Waals surface area (Å²) in [5.41, 5.74) is 5.05. The van der Waals surface area contributed by atoms with E-state index in [0.29, 0.717) is 6.04 Å². The fraction of sp³-hybridized carbons (Fsp3) is 0.923. The molecule has 0 radical (unpaired) electrons. The summed E-state index contributed by atoms with van der Waals surface area (Å²) in [6.07, 6.45) is 3.82. The number of methoxy groups -OCH3 is 1.